The van der Waals surface area contributed by atoms with E-state index in [-0.39, 0.29) is 6.10 Å². The number of hydrogen-bond donors (Lipinski definition) is 2. The maximum Gasteiger partial charge on any atom is 0.0743 e. The quantitative estimate of drug-likeness (QED) is 0.856. The molecule has 0 aromatic heterocycles. The van der Waals surface area contributed by atoms with Gasteiger partial charge in [0.1, 0.15) is 0 Å². The molecule has 3 rings (SSSR count). The first-order chi connectivity index (χ1) is 8.81. The lowest BCUT2D eigenvalue weighted by molar-refractivity contribution is 0.161. The second-order valence-electron chi connectivity index (χ2n) is 5.55. The SMILES string of the molecule is NCCC1CN(C2CCCC2O)c2ccccc21. The van der Waals surface area contributed by atoms with Gasteiger partial charge in [-0.05, 0) is 43.9 Å². The van der Waals surface area contributed by atoms with Gasteiger partial charge in [-0.25, -0.2) is 0 Å². The Morgan fingerprint density at radius 1 is 1.28 bits per heavy atom. The minimum Gasteiger partial charge on any atom is -0.391 e. The third-order valence-corrected chi connectivity index (χ3v) is 4.46. The molecule has 1 saturated carbocycles. The van der Waals surface area contributed by atoms with Gasteiger partial charge in [-0.15, -0.1) is 0 Å². The van der Waals surface area contributed by atoms with Crippen molar-refractivity contribution in [3.05, 3.63) is 29.8 Å². The summed E-state index contributed by atoms with van der Waals surface area (Å²) in [6.07, 6.45) is 4.09. The van der Waals surface area contributed by atoms with Gasteiger partial charge in [0.15, 0.2) is 0 Å². The lowest BCUT2D eigenvalue weighted by Gasteiger charge is -2.30. The van der Waals surface area contributed by atoms with Gasteiger partial charge in [0.25, 0.3) is 0 Å². The van der Waals surface area contributed by atoms with Crippen molar-refractivity contribution in [3.8, 4) is 0 Å². The zero-order valence-electron chi connectivity index (χ0n) is 10.8. The van der Waals surface area contributed by atoms with Crippen LogP contribution in [0, 0.1) is 0 Å². The van der Waals surface area contributed by atoms with E-state index < -0.39 is 0 Å². The van der Waals surface area contributed by atoms with Crippen molar-refractivity contribution < 1.29 is 5.11 Å². The van der Waals surface area contributed by atoms with Gasteiger partial charge in [0, 0.05) is 18.2 Å². The lowest BCUT2D eigenvalue weighted by Crippen LogP contribution is -2.39. The molecule has 3 atom stereocenters. The Morgan fingerprint density at radius 3 is 2.83 bits per heavy atom. The summed E-state index contributed by atoms with van der Waals surface area (Å²) in [5.74, 6) is 0.541. The number of aliphatic hydroxyl groups excluding tert-OH is 1. The van der Waals surface area contributed by atoms with Crippen LogP contribution in [0.15, 0.2) is 24.3 Å². The molecule has 1 heterocycles. The van der Waals surface area contributed by atoms with Gasteiger partial charge < -0.3 is 15.7 Å². The Hall–Kier alpha value is -1.06. The number of para-hydroxylation sites is 1. The van der Waals surface area contributed by atoms with Crippen LogP contribution in [0.4, 0.5) is 5.69 Å². The summed E-state index contributed by atoms with van der Waals surface area (Å²) >= 11 is 0. The molecule has 3 unspecified atom stereocenters. The van der Waals surface area contributed by atoms with E-state index in [0.29, 0.717) is 12.0 Å². The van der Waals surface area contributed by atoms with Crippen LogP contribution in [0.2, 0.25) is 0 Å². The second kappa shape index (κ2) is 4.90. The number of aliphatic hydroxyl groups is 1. The van der Waals surface area contributed by atoms with Crippen LogP contribution in [-0.2, 0) is 0 Å². The standard InChI is InChI=1S/C15H22N2O/c16-9-8-11-10-17(14-6-3-7-15(14)18)13-5-2-1-4-12(11)13/h1-2,4-5,11,14-15,18H,3,6-10,16H2. The van der Waals surface area contributed by atoms with Crippen LogP contribution in [0.5, 0.6) is 0 Å². The number of anilines is 1. The first-order valence-corrected chi connectivity index (χ1v) is 7.05. The topological polar surface area (TPSA) is 49.5 Å². The number of hydrogen-bond acceptors (Lipinski definition) is 3. The average Bonchev–Trinajstić information content (AvgIpc) is 2.95. The molecule has 3 N–H and O–H groups in total. The van der Waals surface area contributed by atoms with Gasteiger partial charge >= 0.3 is 0 Å². The first kappa shape index (κ1) is 12.0. The van der Waals surface area contributed by atoms with Gasteiger partial charge in [-0.2, -0.15) is 0 Å². The van der Waals surface area contributed by atoms with Crippen molar-refractivity contribution >= 4 is 5.69 Å². The van der Waals surface area contributed by atoms with E-state index >= 15 is 0 Å². The Labute approximate surface area is 109 Å². The first-order valence-electron chi connectivity index (χ1n) is 7.05. The van der Waals surface area contributed by atoms with E-state index in [1.54, 1.807) is 0 Å². The Morgan fingerprint density at radius 2 is 2.11 bits per heavy atom. The summed E-state index contributed by atoms with van der Waals surface area (Å²) in [6.45, 7) is 1.76. The maximum atomic E-state index is 10.1. The van der Waals surface area contributed by atoms with Crippen LogP contribution >= 0.6 is 0 Å². The monoisotopic (exact) mass is 246 g/mol. The molecule has 3 nitrogen and oxygen atoms in total. The van der Waals surface area contributed by atoms with Gasteiger partial charge in [-0.1, -0.05) is 18.2 Å². The molecule has 2 aliphatic rings. The molecule has 1 aromatic carbocycles. The summed E-state index contributed by atoms with van der Waals surface area (Å²) in [6, 6.07) is 8.93. The molecular formula is C15H22N2O. The minimum absolute atomic E-state index is 0.158. The van der Waals surface area contributed by atoms with E-state index in [1.807, 2.05) is 0 Å². The zero-order valence-corrected chi connectivity index (χ0v) is 10.8. The fourth-order valence-electron chi connectivity index (χ4n) is 3.57. The molecule has 0 amide bonds. The lowest BCUT2D eigenvalue weighted by atomic mass is 9.98. The van der Waals surface area contributed by atoms with E-state index in [2.05, 4.69) is 29.2 Å². The van der Waals surface area contributed by atoms with Gasteiger partial charge in [0.2, 0.25) is 0 Å². The summed E-state index contributed by atoms with van der Waals surface area (Å²) < 4.78 is 0. The van der Waals surface area contributed by atoms with Crippen LogP contribution in [0.25, 0.3) is 0 Å². The molecule has 1 aromatic rings. The molecular weight excluding hydrogens is 224 g/mol. The molecule has 0 spiro atoms. The maximum absolute atomic E-state index is 10.1. The van der Waals surface area contributed by atoms with E-state index in [4.69, 9.17) is 5.73 Å². The number of nitrogens with two attached hydrogens (primary N) is 1. The summed E-state index contributed by atoms with van der Waals surface area (Å²) in [4.78, 5) is 2.42. The molecule has 1 aliphatic carbocycles. The van der Waals surface area contributed by atoms with Crippen molar-refractivity contribution in [3.63, 3.8) is 0 Å². The predicted octanol–water partition coefficient (Wildman–Crippen LogP) is 1.85. The molecule has 1 fully saturated rings. The van der Waals surface area contributed by atoms with Crippen LogP contribution < -0.4 is 10.6 Å². The van der Waals surface area contributed by atoms with Crippen molar-refractivity contribution in [2.75, 3.05) is 18.0 Å². The summed E-state index contributed by atoms with van der Waals surface area (Å²) in [5.41, 5.74) is 8.46. The number of nitrogens with zero attached hydrogens (tertiary/aromatic N) is 1. The van der Waals surface area contributed by atoms with Crippen molar-refractivity contribution in [2.24, 2.45) is 5.73 Å². The molecule has 18 heavy (non-hydrogen) atoms. The largest absolute Gasteiger partial charge is 0.391 e. The summed E-state index contributed by atoms with van der Waals surface area (Å²) in [7, 11) is 0. The molecule has 3 heteroatoms. The Kier molecular flexibility index (Phi) is 3.27. The Bertz CT molecular complexity index is 421. The smallest absolute Gasteiger partial charge is 0.0743 e. The summed E-state index contributed by atoms with van der Waals surface area (Å²) in [5, 5.41) is 10.1. The third-order valence-electron chi connectivity index (χ3n) is 4.46. The normalized spacial score (nSPS) is 30.8. The second-order valence-corrected chi connectivity index (χ2v) is 5.55. The van der Waals surface area contributed by atoms with E-state index in [1.165, 1.54) is 11.3 Å². The highest BCUT2D eigenvalue weighted by Gasteiger charge is 2.37. The predicted molar refractivity (Wildman–Crippen MR) is 73.8 cm³/mol. The number of rotatable bonds is 3. The molecule has 0 saturated heterocycles. The van der Waals surface area contributed by atoms with E-state index in [0.717, 1.165) is 38.8 Å². The fraction of sp³-hybridized carbons (Fsp3) is 0.600. The zero-order chi connectivity index (χ0) is 12.5. The highest BCUT2D eigenvalue weighted by molar-refractivity contribution is 5.61. The van der Waals surface area contributed by atoms with Crippen molar-refractivity contribution in [1.29, 1.82) is 0 Å². The van der Waals surface area contributed by atoms with Crippen LogP contribution in [0.1, 0.15) is 37.2 Å². The van der Waals surface area contributed by atoms with Gasteiger partial charge in [-0.3, -0.25) is 0 Å². The van der Waals surface area contributed by atoms with Crippen molar-refractivity contribution in [2.45, 2.75) is 43.7 Å². The fourth-order valence-corrected chi connectivity index (χ4v) is 3.57. The molecule has 0 bridgehead atoms. The highest BCUT2D eigenvalue weighted by atomic mass is 16.3. The Balaban J connectivity index is 1.89. The minimum atomic E-state index is -0.158. The van der Waals surface area contributed by atoms with Crippen LogP contribution in [-0.4, -0.2) is 30.3 Å². The highest BCUT2D eigenvalue weighted by Crippen LogP contribution is 2.41. The van der Waals surface area contributed by atoms with Crippen LogP contribution in [0.3, 0.4) is 0 Å². The average molecular weight is 246 g/mol. The van der Waals surface area contributed by atoms with Crippen molar-refractivity contribution in [1.82, 2.24) is 0 Å². The number of fused-ring (bicyclic) bond motifs is 1. The van der Waals surface area contributed by atoms with E-state index in [9.17, 15) is 5.11 Å². The third kappa shape index (κ3) is 1.91. The molecule has 98 valence electrons. The molecule has 1 aliphatic heterocycles. The molecule has 0 radical (unpaired) electrons. The van der Waals surface area contributed by atoms with Gasteiger partial charge in [0.05, 0.1) is 12.1 Å². The number of benzene rings is 1.